The number of phenols is 2. The summed E-state index contributed by atoms with van der Waals surface area (Å²) in [6.07, 6.45) is 1.19. The molecule has 2 heterocycles. The molecule has 0 aliphatic carbocycles. The summed E-state index contributed by atoms with van der Waals surface area (Å²) in [7, 11) is 0. The number of rotatable bonds is 21. The number of allylic oxidation sites excluding steroid dienone is 1. The molecule has 15 heteroatoms. The molecule has 6 aromatic rings. The van der Waals surface area contributed by atoms with Crippen LogP contribution in [0, 0.1) is 12.3 Å². The number of halogens is 1. The fraction of sp³-hybridized carbons (Fsp3) is 0.328. The van der Waals surface area contributed by atoms with Crippen molar-refractivity contribution < 1.29 is 39.2 Å². The Morgan fingerprint density at radius 1 is 0.753 bits per heavy atom. The molecule has 3 atom stereocenters. The lowest BCUT2D eigenvalue weighted by Crippen LogP contribution is -2.57. The van der Waals surface area contributed by atoms with E-state index in [0.717, 1.165) is 60.7 Å². The van der Waals surface area contributed by atoms with Crippen LogP contribution in [-0.4, -0.2) is 92.6 Å². The lowest BCUT2D eigenvalue weighted by Gasteiger charge is -2.35. The van der Waals surface area contributed by atoms with Crippen LogP contribution in [0.25, 0.3) is 21.6 Å². The predicted octanol–water partition coefficient (Wildman–Crippen LogP) is 8.99. The molecule has 73 heavy (non-hydrogen) atoms. The Hall–Kier alpha value is -7.00. The van der Waals surface area contributed by atoms with E-state index in [-0.39, 0.29) is 68.2 Å². The summed E-state index contributed by atoms with van der Waals surface area (Å²) in [6, 6.07) is 35.5. The molecular weight excluding hydrogens is 962 g/mol. The summed E-state index contributed by atoms with van der Waals surface area (Å²) in [6.45, 7) is 8.39. The summed E-state index contributed by atoms with van der Waals surface area (Å²) in [5.74, 6) is 0.177. The summed E-state index contributed by atoms with van der Waals surface area (Å²) >= 11 is 7.86. The van der Waals surface area contributed by atoms with Gasteiger partial charge in [0.2, 0.25) is 23.6 Å². The van der Waals surface area contributed by atoms with E-state index in [1.165, 1.54) is 4.90 Å². The molecule has 0 spiro atoms. The van der Waals surface area contributed by atoms with Gasteiger partial charge < -0.3 is 40.9 Å². The van der Waals surface area contributed by atoms with Gasteiger partial charge >= 0.3 is 0 Å². The zero-order chi connectivity index (χ0) is 52.1. The summed E-state index contributed by atoms with van der Waals surface area (Å²) in [4.78, 5) is 60.6. The van der Waals surface area contributed by atoms with Gasteiger partial charge in [0.15, 0.2) is 0 Å². The maximum absolute atomic E-state index is 14.1. The minimum Gasteiger partial charge on any atom is -0.508 e. The highest BCUT2D eigenvalue weighted by atomic mass is 35.5. The molecule has 1 fully saturated rings. The Bertz CT molecular complexity index is 2840. The average molecular weight is 1030 g/mol. The zero-order valence-corrected chi connectivity index (χ0v) is 43.3. The van der Waals surface area contributed by atoms with Crippen molar-refractivity contribution >= 4 is 57.7 Å². The molecule has 1 saturated heterocycles. The van der Waals surface area contributed by atoms with Crippen molar-refractivity contribution in [1.82, 2.24) is 25.8 Å². The fourth-order valence-electron chi connectivity index (χ4n) is 8.88. The van der Waals surface area contributed by atoms with Gasteiger partial charge in [0.1, 0.15) is 35.9 Å². The maximum Gasteiger partial charge on any atom is 0.246 e. The molecule has 0 bridgehead atoms. The number of β-amino-alcohol motifs (C(OH)–C–C–N with tert-alkyl or cyclic N) is 1. The Labute approximate surface area is 436 Å². The van der Waals surface area contributed by atoms with E-state index in [4.69, 9.17) is 16.3 Å². The predicted molar refractivity (Wildman–Crippen MR) is 287 cm³/mol. The number of aromatic nitrogens is 1. The first-order valence-electron chi connectivity index (χ1n) is 24.6. The molecule has 13 nitrogen and oxygen atoms in total. The number of alkyl halides is 1. The molecular formula is C58H64ClN5O8S. The fourth-order valence-corrected chi connectivity index (χ4v) is 9.88. The first-order chi connectivity index (χ1) is 35.1. The molecule has 1 aliphatic heterocycles. The van der Waals surface area contributed by atoms with Gasteiger partial charge in [-0.1, -0.05) is 106 Å². The number of nitrogens with zero attached hydrogens (tertiary/aromatic N) is 2. The molecule has 1 aliphatic rings. The van der Waals surface area contributed by atoms with Gasteiger partial charge in [-0.2, -0.15) is 0 Å². The number of aryl methyl sites for hydroxylation is 3. The molecule has 5 aromatic carbocycles. The number of phenolic OH excluding ortho intramolecular Hbond substituents is 2. The molecule has 0 saturated carbocycles. The minimum atomic E-state index is -0.927. The number of thiazole rings is 1. The maximum atomic E-state index is 14.1. The number of aliphatic hydroxyl groups is 1. The molecule has 4 amide bonds. The number of hydrogen-bond acceptors (Lipinski definition) is 10. The number of carbonyl (C=O) groups excluding carboxylic acids is 4. The highest BCUT2D eigenvalue weighted by molar-refractivity contribution is 7.13. The Kier molecular flexibility index (Phi) is 18.5. The van der Waals surface area contributed by atoms with E-state index in [1.807, 2.05) is 130 Å². The van der Waals surface area contributed by atoms with Crippen LogP contribution < -0.4 is 20.7 Å². The summed E-state index contributed by atoms with van der Waals surface area (Å²) in [5, 5.41) is 39.3. The lowest BCUT2D eigenvalue weighted by atomic mass is 9.85. The standard InChI is InChI=1S/C58H64ClN5O8S/c1-37-54(73-36-62-37)44-13-9-40(10-14-44)34-61-56(70)50-33-47(67)35-64(50)57(71)55(58(2,3)4)63-52(69)28-12-39-7-5-38(6-8-39)11-27-51(68)60-31-32-72-48-25-19-43(20-26-48)53(42-17-23-46(66)24-18-42)49(29-30-59)41-15-21-45(65)22-16-41/h5-10,13-26,36,47,50,55,65-67H,11-12,27-35H2,1-4H3,(H,60,68)(H,61,70)(H,63,69)/t47-,50+,55-/m1/s1. The number of hydrogen-bond donors (Lipinski definition) is 6. The third kappa shape index (κ3) is 14.8. The molecule has 0 radical (unpaired) electrons. The van der Waals surface area contributed by atoms with E-state index in [2.05, 4.69) is 20.9 Å². The molecule has 0 unspecified atom stereocenters. The van der Waals surface area contributed by atoms with E-state index in [0.29, 0.717) is 37.4 Å². The monoisotopic (exact) mass is 1030 g/mol. The van der Waals surface area contributed by atoms with Crippen LogP contribution in [0.5, 0.6) is 17.2 Å². The first-order valence-corrected chi connectivity index (χ1v) is 26.0. The van der Waals surface area contributed by atoms with Crippen molar-refractivity contribution in [2.45, 2.75) is 91.0 Å². The normalized spacial score (nSPS) is 15.3. The van der Waals surface area contributed by atoms with E-state index >= 15 is 0 Å². The first kappa shape index (κ1) is 53.8. The van der Waals surface area contributed by atoms with Crippen molar-refractivity contribution in [3.63, 3.8) is 0 Å². The van der Waals surface area contributed by atoms with Crippen molar-refractivity contribution in [2.75, 3.05) is 25.6 Å². The lowest BCUT2D eigenvalue weighted by molar-refractivity contribution is -0.144. The van der Waals surface area contributed by atoms with Crippen LogP contribution in [0.2, 0.25) is 0 Å². The van der Waals surface area contributed by atoms with Gasteiger partial charge in [-0.05, 0) is 118 Å². The SMILES string of the molecule is Cc1ncsc1-c1ccc(CNC(=O)[C@@H]2C[C@@H](O)CN2C(=O)[C@@H](NC(=O)CCc2ccc(CCC(=O)NCCOc3ccc(C(=C(CCCl)c4ccc(O)cc4)c4ccc(O)cc4)cc3)cc2)C(C)(C)C)cc1. The highest BCUT2D eigenvalue weighted by Gasteiger charge is 2.44. The molecule has 382 valence electrons. The second-order valence-electron chi connectivity index (χ2n) is 19.4. The van der Waals surface area contributed by atoms with Crippen LogP contribution in [0.4, 0.5) is 0 Å². The van der Waals surface area contributed by atoms with Gasteiger partial charge in [-0.25, -0.2) is 4.98 Å². The van der Waals surface area contributed by atoms with Crippen LogP contribution in [0.1, 0.15) is 85.5 Å². The smallest absolute Gasteiger partial charge is 0.246 e. The number of aromatic hydroxyl groups is 2. The zero-order valence-electron chi connectivity index (χ0n) is 41.7. The van der Waals surface area contributed by atoms with E-state index in [9.17, 15) is 34.5 Å². The van der Waals surface area contributed by atoms with Crippen LogP contribution in [0.3, 0.4) is 0 Å². The van der Waals surface area contributed by atoms with E-state index in [1.54, 1.807) is 35.6 Å². The second kappa shape index (κ2) is 25.1. The number of likely N-dealkylation sites (tertiary alicyclic amines) is 1. The van der Waals surface area contributed by atoms with Gasteiger partial charge in [-0.3, -0.25) is 19.2 Å². The van der Waals surface area contributed by atoms with Gasteiger partial charge in [0.05, 0.1) is 28.7 Å². The second-order valence-corrected chi connectivity index (χ2v) is 20.6. The summed E-state index contributed by atoms with van der Waals surface area (Å²) < 4.78 is 5.97. The molecule has 1 aromatic heterocycles. The third-order valence-electron chi connectivity index (χ3n) is 12.9. The third-order valence-corrected chi connectivity index (χ3v) is 14.0. The van der Waals surface area contributed by atoms with Crippen molar-refractivity contribution in [3.8, 4) is 27.7 Å². The van der Waals surface area contributed by atoms with Gasteiger partial charge in [0.25, 0.3) is 0 Å². The van der Waals surface area contributed by atoms with Gasteiger partial charge in [-0.15, -0.1) is 22.9 Å². The number of ether oxygens (including phenoxy) is 1. The number of carbonyl (C=O) groups is 4. The number of amides is 4. The average Bonchev–Trinajstić information content (AvgIpc) is 4.00. The molecule has 7 rings (SSSR count). The van der Waals surface area contributed by atoms with Crippen molar-refractivity contribution in [2.24, 2.45) is 5.41 Å². The molecule has 6 N–H and O–H groups in total. The Morgan fingerprint density at radius 2 is 1.32 bits per heavy atom. The summed E-state index contributed by atoms with van der Waals surface area (Å²) in [5.41, 5.74) is 10.6. The number of nitrogens with one attached hydrogen (secondary N) is 3. The largest absolute Gasteiger partial charge is 0.508 e. The Morgan fingerprint density at radius 3 is 1.88 bits per heavy atom. The van der Waals surface area contributed by atoms with Crippen LogP contribution in [0.15, 0.2) is 127 Å². The van der Waals surface area contributed by atoms with Crippen LogP contribution >= 0.6 is 22.9 Å². The minimum absolute atomic E-state index is 0.00718. The van der Waals surface area contributed by atoms with Gasteiger partial charge in [0, 0.05) is 38.2 Å². The highest BCUT2D eigenvalue weighted by Crippen LogP contribution is 2.37. The van der Waals surface area contributed by atoms with Crippen LogP contribution in [-0.2, 0) is 38.6 Å². The Balaban J connectivity index is 0.842. The topological polar surface area (TPSA) is 190 Å². The van der Waals surface area contributed by atoms with Crippen molar-refractivity contribution in [3.05, 3.63) is 166 Å². The van der Waals surface area contributed by atoms with Crippen molar-refractivity contribution in [1.29, 1.82) is 0 Å². The number of benzene rings is 5. The van der Waals surface area contributed by atoms with E-state index < -0.39 is 29.5 Å². The number of aliphatic hydroxyl groups excluding tert-OH is 1. The quantitative estimate of drug-likeness (QED) is 0.0232.